The van der Waals surface area contributed by atoms with Gasteiger partial charge in [-0.05, 0) is 32.3 Å². The molecule has 0 atom stereocenters. The molecule has 3 aromatic rings. The second-order valence-corrected chi connectivity index (χ2v) is 7.14. The van der Waals surface area contributed by atoms with E-state index < -0.39 is 0 Å². The number of anilines is 1. The van der Waals surface area contributed by atoms with Gasteiger partial charge in [-0.3, -0.25) is 0 Å². The highest BCUT2D eigenvalue weighted by Gasteiger charge is 2.26. The Morgan fingerprint density at radius 2 is 1.96 bits per heavy atom. The van der Waals surface area contributed by atoms with Crippen molar-refractivity contribution < 1.29 is 4.74 Å². The van der Waals surface area contributed by atoms with Gasteiger partial charge in [-0.25, -0.2) is 9.97 Å². The second-order valence-electron chi connectivity index (χ2n) is 7.14. The minimum absolute atomic E-state index is 0.409. The topological polar surface area (TPSA) is 66.9 Å². The van der Waals surface area contributed by atoms with Crippen molar-refractivity contribution in [3.63, 3.8) is 0 Å². The number of nitrogens with zero attached hydrogens (tertiary/aromatic N) is 4. The van der Waals surface area contributed by atoms with Crippen molar-refractivity contribution in [2.45, 2.75) is 32.6 Å². The number of piperidine rings is 1. The zero-order valence-electron chi connectivity index (χ0n) is 16.1. The third-order valence-corrected chi connectivity index (χ3v) is 5.31. The van der Waals surface area contributed by atoms with Crippen molar-refractivity contribution in [1.82, 2.24) is 19.9 Å². The number of hydrogen-bond acceptors (Lipinski definition) is 5. The largest absolute Gasteiger partial charge is 0.467 e. The van der Waals surface area contributed by atoms with E-state index >= 15 is 0 Å². The maximum Gasteiger partial charge on any atom is 0.318 e. The Morgan fingerprint density at radius 3 is 2.63 bits per heavy atom. The van der Waals surface area contributed by atoms with Crippen LogP contribution in [0, 0.1) is 13.8 Å². The summed E-state index contributed by atoms with van der Waals surface area (Å²) in [7, 11) is 1.61. The number of H-pyrrole nitrogens is 1. The van der Waals surface area contributed by atoms with Crippen LogP contribution in [-0.2, 0) is 0 Å². The second kappa shape index (κ2) is 7.39. The number of imidazole rings is 1. The lowest BCUT2D eigenvalue weighted by molar-refractivity contribution is 0.379. The van der Waals surface area contributed by atoms with Crippen molar-refractivity contribution in [2.24, 2.45) is 0 Å². The van der Waals surface area contributed by atoms with E-state index in [1.165, 1.54) is 17.0 Å². The Bertz CT molecular complexity index is 928. The maximum absolute atomic E-state index is 5.29. The van der Waals surface area contributed by atoms with Crippen molar-refractivity contribution in [1.29, 1.82) is 0 Å². The molecule has 0 aliphatic carbocycles. The lowest BCUT2D eigenvalue weighted by atomic mass is 9.92. The van der Waals surface area contributed by atoms with Crippen LogP contribution in [0.2, 0.25) is 0 Å². The Kier molecular flexibility index (Phi) is 4.79. The highest BCUT2D eigenvalue weighted by molar-refractivity contribution is 5.76. The van der Waals surface area contributed by atoms with Crippen molar-refractivity contribution in [3.8, 4) is 17.1 Å². The van der Waals surface area contributed by atoms with Gasteiger partial charge < -0.3 is 14.6 Å². The van der Waals surface area contributed by atoms with E-state index in [9.17, 15) is 0 Å². The van der Waals surface area contributed by atoms with Crippen LogP contribution in [0.3, 0.4) is 0 Å². The van der Waals surface area contributed by atoms with Gasteiger partial charge in [0.05, 0.1) is 19.1 Å². The average Bonchev–Trinajstić information content (AvgIpc) is 3.13. The van der Waals surface area contributed by atoms with E-state index in [0.29, 0.717) is 11.9 Å². The van der Waals surface area contributed by atoms with Gasteiger partial charge in [0.25, 0.3) is 0 Å². The van der Waals surface area contributed by atoms with Gasteiger partial charge in [-0.2, -0.15) is 4.98 Å². The van der Waals surface area contributed by atoms with Gasteiger partial charge >= 0.3 is 6.01 Å². The fraction of sp³-hybridized carbons (Fsp3) is 0.381. The van der Waals surface area contributed by atoms with Crippen molar-refractivity contribution >= 4 is 5.82 Å². The SMILES string of the molecule is COc1ncc(-c2cccc(C)c2)c(N2CCC(c3nc[nH]c3C)CC2)n1. The molecular formula is C21H25N5O. The standard InChI is InChI=1S/C21H25N5O/c1-14-5-4-6-17(11-14)18-12-22-21(27-3)25-20(18)26-9-7-16(8-10-26)19-15(2)23-13-24-19/h4-6,11-13,16H,7-10H2,1-3H3,(H,23,24). The van der Waals surface area contributed by atoms with Gasteiger partial charge in [0.15, 0.2) is 0 Å². The van der Waals surface area contributed by atoms with Crippen LogP contribution in [0.1, 0.15) is 35.7 Å². The molecule has 140 valence electrons. The quantitative estimate of drug-likeness (QED) is 0.762. The maximum atomic E-state index is 5.29. The molecule has 4 rings (SSSR count). The zero-order chi connectivity index (χ0) is 18.8. The zero-order valence-corrected chi connectivity index (χ0v) is 16.1. The summed E-state index contributed by atoms with van der Waals surface area (Å²) in [5.41, 5.74) is 5.79. The van der Waals surface area contributed by atoms with E-state index in [0.717, 1.165) is 42.9 Å². The molecule has 0 bridgehead atoms. The molecular weight excluding hydrogens is 338 g/mol. The Labute approximate surface area is 159 Å². The van der Waals surface area contributed by atoms with Gasteiger partial charge in [-0.15, -0.1) is 0 Å². The van der Waals surface area contributed by atoms with E-state index in [-0.39, 0.29) is 0 Å². The average molecular weight is 363 g/mol. The number of aromatic amines is 1. The minimum Gasteiger partial charge on any atom is -0.467 e. The summed E-state index contributed by atoms with van der Waals surface area (Å²) >= 11 is 0. The summed E-state index contributed by atoms with van der Waals surface area (Å²) in [4.78, 5) is 19.1. The lowest BCUT2D eigenvalue weighted by Crippen LogP contribution is -2.34. The molecule has 0 spiro atoms. The first-order chi connectivity index (χ1) is 13.2. The van der Waals surface area contributed by atoms with Crippen LogP contribution in [0.15, 0.2) is 36.8 Å². The van der Waals surface area contributed by atoms with E-state index in [4.69, 9.17) is 9.72 Å². The fourth-order valence-electron chi connectivity index (χ4n) is 3.86. The molecule has 6 nitrogen and oxygen atoms in total. The van der Waals surface area contributed by atoms with Gasteiger partial charge in [-0.1, -0.05) is 29.8 Å². The highest BCUT2D eigenvalue weighted by atomic mass is 16.5. The molecule has 27 heavy (non-hydrogen) atoms. The summed E-state index contributed by atoms with van der Waals surface area (Å²) in [6.45, 7) is 6.08. The predicted molar refractivity (Wildman–Crippen MR) is 106 cm³/mol. The number of methoxy groups -OCH3 is 1. The first-order valence-electron chi connectivity index (χ1n) is 9.38. The summed E-state index contributed by atoms with van der Waals surface area (Å²) in [6.07, 6.45) is 5.79. The number of nitrogens with one attached hydrogen (secondary N) is 1. The fourth-order valence-corrected chi connectivity index (χ4v) is 3.86. The first kappa shape index (κ1) is 17.5. The molecule has 6 heteroatoms. The van der Waals surface area contributed by atoms with Gasteiger partial charge in [0, 0.05) is 36.5 Å². The number of aryl methyl sites for hydroxylation is 2. The molecule has 1 aromatic carbocycles. The van der Waals surface area contributed by atoms with Crippen LogP contribution in [0.25, 0.3) is 11.1 Å². The Hall–Kier alpha value is -2.89. The number of rotatable bonds is 4. The monoisotopic (exact) mass is 363 g/mol. The van der Waals surface area contributed by atoms with Crippen LogP contribution >= 0.6 is 0 Å². The molecule has 1 aliphatic rings. The summed E-state index contributed by atoms with van der Waals surface area (Å²) < 4.78 is 5.29. The molecule has 0 amide bonds. The molecule has 1 aliphatic heterocycles. The number of aromatic nitrogens is 4. The minimum atomic E-state index is 0.409. The summed E-state index contributed by atoms with van der Waals surface area (Å²) in [5, 5.41) is 0. The molecule has 1 fully saturated rings. The van der Waals surface area contributed by atoms with E-state index in [1.807, 2.05) is 6.20 Å². The molecule has 2 aromatic heterocycles. The number of ether oxygens (including phenoxy) is 1. The number of hydrogen-bond donors (Lipinski definition) is 1. The third kappa shape index (κ3) is 3.52. The molecule has 3 heterocycles. The normalized spacial score (nSPS) is 15.1. The predicted octanol–water partition coefficient (Wildman–Crippen LogP) is 3.88. The van der Waals surface area contributed by atoms with Crippen molar-refractivity contribution in [2.75, 3.05) is 25.1 Å². The smallest absolute Gasteiger partial charge is 0.318 e. The van der Waals surface area contributed by atoms with Crippen LogP contribution < -0.4 is 9.64 Å². The summed E-state index contributed by atoms with van der Waals surface area (Å²) in [5.74, 6) is 1.45. The van der Waals surface area contributed by atoms with Crippen molar-refractivity contribution in [3.05, 3.63) is 53.7 Å². The molecule has 0 radical (unpaired) electrons. The number of benzene rings is 1. The first-order valence-corrected chi connectivity index (χ1v) is 9.38. The van der Waals surface area contributed by atoms with Gasteiger partial charge in [0.1, 0.15) is 5.82 Å². The van der Waals surface area contributed by atoms with E-state index in [1.54, 1.807) is 13.4 Å². The van der Waals surface area contributed by atoms with Crippen LogP contribution in [-0.4, -0.2) is 40.1 Å². The van der Waals surface area contributed by atoms with Crippen LogP contribution in [0.5, 0.6) is 6.01 Å². The molecule has 0 saturated carbocycles. The van der Waals surface area contributed by atoms with Gasteiger partial charge in [0.2, 0.25) is 0 Å². The lowest BCUT2D eigenvalue weighted by Gasteiger charge is -2.33. The Balaban J connectivity index is 1.62. The Morgan fingerprint density at radius 1 is 1.15 bits per heavy atom. The van der Waals surface area contributed by atoms with Crippen LogP contribution in [0.4, 0.5) is 5.82 Å². The van der Waals surface area contributed by atoms with E-state index in [2.05, 4.69) is 58.0 Å². The molecule has 1 saturated heterocycles. The summed E-state index contributed by atoms with van der Waals surface area (Å²) in [6, 6.07) is 8.87. The molecule has 0 unspecified atom stereocenters. The third-order valence-electron chi connectivity index (χ3n) is 5.31. The molecule has 1 N–H and O–H groups in total. The highest BCUT2D eigenvalue weighted by Crippen LogP contribution is 2.35.